The first-order valence-corrected chi connectivity index (χ1v) is 10.1. The fourth-order valence-corrected chi connectivity index (χ4v) is 4.87. The quantitative estimate of drug-likeness (QED) is 0.815. The van der Waals surface area contributed by atoms with Gasteiger partial charge in [0.25, 0.3) is 0 Å². The van der Waals surface area contributed by atoms with E-state index in [2.05, 4.69) is 4.90 Å². The van der Waals surface area contributed by atoms with Crippen molar-refractivity contribution in [3.8, 4) is 0 Å². The van der Waals surface area contributed by atoms with Crippen molar-refractivity contribution in [1.82, 2.24) is 4.90 Å². The summed E-state index contributed by atoms with van der Waals surface area (Å²) in [6, 6.07) is 8.49. The van der Waals surface area contributed by atoms with Crippen molar-refractivity contribution in [2.24, 2.45) is 0 Å². The number of piperidine rings is 1. The standard InChI is InChI=1S/C17H25NO5S/c19-15-6-12-23-17(16(15)20)7-9-18(10-8-17)11-13-24(21,22)14-4-2-1-3-5-14/h1-5,15-16,19-20H,6-13H2/t15-,16-/m0/s1. The minimum atomic E-state index is -3.27. The van der Waals surface area contributed by atoms with Crippen LogP contribution in [0.4, 0.5) is 0 Å². The first-order valence-electron chi connectivity index (χ1n) is 8.43. The molecule has 1 aromatic carbocycles. The van der Waals surface area contributed by atoms with Crippen LogP contribution in [0.25, 0.3) is 0 Å². The molecule has 0 aromatic heterocycles. The van der Waals surface area contributed by atoms with Gasteiger partial charge >= 0.3 is 0 Å². The van der Waals surface area contributed by atoms with Crippen molar-refractivity contribution < 1.29 is 23.4 Å². The normalized spacial score (nSPS) is 28.1. The predicted molar refractivity (Wildman–Crippen MR) is 89.5 cm³/mol. The number of likely N-dealkylation sites (tertiary alicyclic amines) is 1. The van der Waals surface area contributed by atoms with E-state index in [1.165, 1.54) is 0 Å². The van der Waals surface area contributed by atoms with Gasteiger partial charge in [-0.15, -0.1) is 0 Å². The Bertz CT molecular complexity index is 640. The molecule has 2 saturated heterocycles. The Morgan fingerprint density at radius 2 is 1.83 bits per heavy atom. The second kappa shape index (κ2) is 7.09. The van der Waals surface area contributed by atoms with E-state index in [0.717, 1.165) is 0 Å². The van der Waals surface area contributed by atoms with Crippen molar-refractivity contribution >= 4 is 9.84 Å². The molecule has 7 heteroatoms. The fraction of sp³-hybridized carbons (Fsp3) is 0.647. The average Bonchev–Trinajstić information content (AvgIpc) is 2.60. The van der Waals surface area contributed by atoms with Crippen LogP contribution < -0.4 is 0 Å². The Kier molecular flexibility index (Phi) is 5.27. The van der Waals surface area contributed by atoms with E-state index in [0.29, 0.717) is 50.4 Å². The molecule has 0 amide bonds. The first-order chi connectivity index (χ1) is 11.4. The number of sulfone groups is 1. The van der Waals surface area contributed by atoms with Gasteiger partial charge in [-0.25, -0.2) is 8.42 Å². The third-order valence-electron chi connectivity index (χ3n) is 5.19. The molecule has 0 bridgehead atoms. The number of hydrogen-bond donors (Lipinski definition) is 2. The van der Waals surface area contributed by atoms with Crippen LogP contribution in [-0.2, 0) is 14.6 Å². The summed E-state index contributed by atoms with van der Waals surface area (Å²) in [7, 11) is -3.27. The zero-order chi connectivity index (χ0) is 17.2. The van der Waals surface area contributed by atoms with Crippen LogP contribution in [0.2, 0.25) is 0 Å². The van der Waals surface area contributed by atoms with Crippen molar-refractivity contribution in [2.45, 2.75) is 42.0 Å². The van der Waals surface area contributed by atoms with Gasteiger partial charge in [0.15, 0.2) is 9.84 Å². The van der Waals surface area contributed by atoms with Gasteiger partial charge in [0.05, 0.1) is 29.0 Å². The largest absolute Gasteiger partial charge is 0.390 e. The van der Waals surface area contributed by atoms with Gasteiger partial charge in [-0.3, -0.25) is 0 Å². The molecule has 3 rings (SSSR count). The van der Waals surface area contributed by atoms with Gasteiger partial charge in [0.2, 0.25) is 0 Å². The Hall–Kier alpha value is -0.990. The van der Waals surface area contributed by atoms with Crippen molar-refractivity contribution in [1.29, 1.82) is 0 Å². The number of hydrogen-bond acceptors (Lipinski definition) is 6. The van der Waals surface area contributed by atoms with Crippen LogP contribution in [0.3, 0.4) is 0 Å². The highest BCUT2D eigenvalue weighted by atomic mass is 32.2. The highest BCUT2D eigenvalue weighted by Crippen LogP contribution is 2.35. The molecule has 2 N–H and O–H groups in total. The highest BCUT2D eigenvalue weighted by Gasteiger charge is 2.47. The third kappa shape index (κ3) is 3.65. The summed E-state index contributed by atoms with van der Waals surface area (Å²) in [5, 5.41) is 20.1. The highest BCUT2D eigenvalue weighted by molar-refractivity contribution is 7.91. The SMILES string of the molecule is O=S(=O)(CCN1CCC2(CC1)OCC[C@H](O)[C@@H]2O)c1ccccc1. The van der Waals surface area contributed by atoms with Gasteiger partial charge in [-0.05, 0) is 31.4 Å². The van der Waals surface area contributed by atoms with E-state index in [-0.39, 0.29) is 5.75 Å². The van der Waals surface area contributed by atoms with Gasteiger partial charge in [-0.2, -0.15) is 0 Å². The molecule has 2 aliphatic rings. The van der Waals surface area contributed by atoms with Crippen LogP contribution in [-0.4, -0.2) is 73.3 Å². The summed E-state index contributed by atoms with van der Waals surface area (Å²) in [6.45, 7) is 2.24. The molecule has 2 aliphatic heterocycles. The summed E-state index contributed by atoms with van der Waals surface area (Å²) in [5.41, 5.74) is -0.674. The van der Waals surface area contributed by atoms with Crippen molar-refractivity contribution in [2.75, 3.05) is 32.0 Å². The molecule has 1 spiro atoms. The lowest BCUT2D eigenvalue weighted by Crippen LogP contribution is -2.60. The monoisotopic (exact) mass is 355 g/mol. The van der Waals surface area contributed by atoms with Crippen LogP contribution in [0.1, 0.15) is 19.3 Å². The smallest absolute Gasteiger partial charge is 0.179 e. The molecule has 0 radical (unpaired) electrons. The summed E-state index contributed by atoms with van der Waals surface area (Å²) in [4.78, 5) is 2.44. The zero-order valence-corrected chi connectivity index (χ0v) is 14.5. The third-order valence-corrected chi connectivity index (χ3v) is 6.90. The Morgan fingerprint density at radius 1 is 1.17 bits per heavy atom. The molecule has 2 heterocycles. The lowest BCUT2D eigenvalue weighted by molar-refractivity contribution is -0.213. The molecule has 134 valence electrons. The maximum absolute atomic E-state index is 12.3. The van der Waals surface area contributed by atoms with Gasteiger partial charge < -0.3 is 19.8 Å². The van der Waals surface area contributed by atoms with Crippen LogP contribution in [0.5, 0.6) is 0 Å². The number of benzene rings is 1. The van der Waals surface area contributed by atoms with E-state index >= 15 is 0 Å². The van der Waals surface area contributed by atoms with E-state index < -0.39 is 27.6 Å². The average molecular weight is 355 g/mol. The van der Waals surface area contributed by atoms with Crippen molar-refractivity contribution in [3.63, 3.8) is 0 Å². The fourth-order valence-electron chi connectivity index (χ4n) is 3.57. The molecule has 24 heavy (non-hydrogen) atoms. The second-order valence-electron chi connectivity index (χ2n) is 6.69. The summed E-state index contributed by atoms with van der Waals surface area (Å²) >= 11 is 0. The topological polar surface area (TPSA) is 87.1 Å². The van der Waals surface area contributed by atoms with Crippen LogP contribution in [0, 0.1) is 0 Å². The lowest BCUT2D eigenvalue weighted by atomic mass is 9.81. The summed E-state index contributed by atoms with van der Waals surface area (Å²) in [6.07, 6.45) is 0.0834. The number of rotatable bonds is 4. The van der Waals surface area contributed by atoms with Gasteiger partial charge in [0.1, 0.15) is 6.10 Å². The maximum atomic E-state index is 12.3. The maximum Gasteiger partial charge on any atom is 0.179 e. The van der Waals surface area contributed by atoms with Crippen molar-refractivity contribution in [3.05, 3.63) is 30.3 Å². The molecular formula is C17H25NO5S. The zero-order valence-electron chi connectivity index (χ0n) is 13.7. The molecule has 0 aliphatic carbocycles. The molecule has 2 atom stereocenters. The number of ether oxygens (including phenoxy) is 1. The number of aliphatic hydroxyl groups excluding tert-OH is 2. The molecule has 6 nitrogen and oxygen atoms in total. The van der Waals surface area contributed by atoms with Gasteiger partial charge in [0, 0.05) is 19.6 Å². The van der Waals surface area contributed by atoms with Gasteiger partial charge in [-0.1, -0.05) is 18.2 Å². The minimum Gasteiger partial charge on any atom is -0.390 e. The Balaban J connectivity index is 1.54. The molecule has 0 unspecified atom stereocenters. The van der Waals surface area contributed by atoms with Crippen LogP contribution in [0.15, 0.2) is 35.2 Å². The van der Waals surface area contributed by atoms with E-state index in [4.69, 9.17) is 4.74 Å². The van der Waals surface area contributed by atoms with E-state index in [1.54, 1.807) is 30.3 Å². The first kappa shape index (κ1) is 17.8. The Labute approximate surface area is 143 Å². The minimum absolute atomic E-state index is 0.0794. The molecule has 1 aromatic rings. The van der Waals surface area contributed by atoms with E-state index in [1.807, 2.05) is 0 Å². The summed E-state index contributed by atoms with van der Waals surface area (Å²) < 4.78 is 30.5. The molecule has 0 saturated carbocycles. The second-order valence-corrected chi connectivity index (χ2v) is 8.80. The lowest BCUT2D eigenvalue weighted by Gasteiger charge is -2.48. The number of nitrogens with zero attached hydrogens (tertiary/aromatic N) is 1. The Morgan fingerprint density at radius 3 is 2.50 bits per heavy atom. The number of aliphatic hydroxyl groups is 2. The summed E-state index contributed by atoms with van der Waals surface area (Å²) in [5.74, 6) is 0.0794. The molecule has 2 fully saturated rings. The predicted octanol–water partition coefficient (Wildman–Crippen LogP) is 0.437. The molecular weight excluding hydrogens is 330 g/mol. The van der Waals surface area contributed by atoms with E-state index in [9.17, 15) is 18.6 Å². The van der Waals surface area contributed by atoms with Crippen LogP contribution >= 0.6 is 0 Å².